The Morgan fingerprint density at radius 1 is 1.35 bits per heavy atom. The van der Waals surface area contributed by atoms with E-state index in [9.17, 15) is 14.7 Å². The van der Waals surface area contributed by atoms with Gasteiger partial charge in [-0.3, -0.25) is 4.79 Å². The normalized spacial score (nSPS) is 13.7. The largest absolute Gasteiger partial charge is 0.479 e. The Hall–Kier alpha value is -1.59. The van der Waals surface area contributed by atoms with Crippen molar-refractivity contribution in [3.63, 3.8) is 0 Å². The van der Waals surface area contributed by atoms with Crippen molar-refractivity contribution < 1.29 is 19.4 Å². The highest BCUT2D eigenvalue weighted by molar-refractivity contribution is 6.34. The monoisotopic (exact) mass is 299 g/mol. The second-order valence-electron chi connectivity index (χ2n) is 4.94. The number of hydrogen-bond acceptors (Lipinski definition) is 3. The molecule has 0 bridgehead atoms. The highest BCUT2D eigenvalue weighted by Crippen LogP contribution is 2.21. The lowest BCUT2D eigenvalue weighted by molar-refractivity contribution is -0.145. The minimum absolute atomic E-state index is 0.142. The third-order valence-electron chi connectivity index (χ3n) is 3.12. The van der Waals surface area contributed by atoms with Crippen LogP contribution in [0.5, 0.6) is 0 Å². The van der Waals surface area contributed by atoms with E-state index in [1.165, 1.54) is 14.0 Å². The molecule has 0 aromatic heterocycles. The number of carbonyl (C=O) groups excluding carboxylic acids is 1. The predicted octanol–water partition coefficient (Wildman–Crippen LogP) is 2.18. The second-order valence-corrected chi connectivity index (χ2v) is 5.35. The molecule has 0 aliphatic rings. The van der Waals surface area contributed by atoms with Crippen LogP contribution in [0.25, 0.3) is 0 Å². The summed E-state index contributed by atoms with van der Waals surface area (Å²) in [6.07, 6.45) is 0. The number of aliphatic carboxylic acids is 1. The lowest BCUT2D eigenvalue weighted by Gasteiger charge is -2.25. The van der Waals surface area contributed by atoms with Crippen molar-refractivity contribution in [3.8, 4) is 0 Å². The summed E-state index contributed by atoms with van der Waals surface area (Å²) in [5.41, 5.74) is 0.611. The van der Waals surface area contributed by atoms with Gasteiger partial charge < -0.3 is 15.2 Å². The van der Waals surface area contributed by atoms with Crippen molar-refractivity contribution in [3.05, 3.63) is 33.8 Å². The molecule has 0 saturated carbocycles. The van der Waals surface area contributed by atoms with Gasteiger partial charge in [0.25, 0.3) is 5.91 Å². The van der Waals surface area contributed by atoms with Crippen LogP contribution in [0.4, 0.5) is 0 Å². The molecule has 110 valence electrons. The van der Waals surface area contributed by atoms with Gasteiger partial charge in [-0.15, -0.1) is 0 Å². The number of carboxylic acid groups (broad SMARTS) is 1. The van der Waals surface area contributed by atoms with Crippen LogP contribution < -0.4 is 5.32 Å². The summed E-state index contributed by atoms with van der Waals surface area (Å²) in [5, 5.41) is 11.9. The third kappa shape index (κ3) is 3.49. The molecule has 0 aliphatic carbocycles. The summed E-state index contributed by atoms with van der Waals surface area (Å²) >= 11 is 6.04. The van der Waals surface area contributed by atoms with Gasteiger partial charge in [0.1, 0.15) is 0 Å². The average Bonchev–Trinajstić information content (AvgIpc) is 2.33. The Kier molecular flexibility index (Phi) is 5.14. The van der Waals surface area contributed by atoms with E-state index >= 15 is 0 Å². The summed E-state index contributed by atoms with van der Waals surface area (Å²) in [7, 11) is 1.37. The average molecular weight is 300 g/mol. The van der Waals surface area contributed by atoms with Crippen LogP contribution in [-0.4, -0.2) is 36.2 Å². The van der Waals surface area contributed by atoms with E-state index in [1.54, 1.807) is 12.1 Å². The molecule has 2 N–H and O–H groups in total. The van der Waals surface area contributed by atoms with Gasteiger partial charge in [0, 0.05) is 7.11 Å². The molecule has 0 radical (unpaired) electrons. The number of rotatable bonds is 5. The number of aryl methyl sites for hydroxylation is 2. The quantitative estimate of drug-likeness (QED) is 0.874. The molecule has 1 amide bonds. The number of hydrogen-bond donors (Lipinski definition) is 2. The number of nitrogens with one attached hydrogen (secondary N) is 1. The second kappa shape index (κ2) is 6.24. The maximum Gasteiger partial charge on any atom is 0.331 e. The van der Waals surface area contributed by atoms with E-state index in [0.29, 0.717) is 0 Å². The van der Waals surface area contributed by atoms with Crippen LogP contribution >= 0.6 is 11.6 Å². The van der Waals surface area contributed by atoms with Crippen LogP contribution in [0, 0.1) is 13.8 Å². The molecule has 6 heteroatoms. The Labute approximate surface area is 122 Å². The van der Waals surface area contributed by atoms with Gasteiger partial charge in [-0.25, -0.2) is 4.79 Å². The number of methoxy groups -OCH3 is 1. The first-order valence-corrected chi connectivity index (χ1v) is 6.40. The first kappa shape index (κ1) is 16.5. The molecule has 1 atom stereocenters. The first-order valence-electron chi connectivity index (χ1n) is 6.03. The summed E-state index contributed by atoms with van der Waals surface area (Å²) < 4.78 is 4.85. The van der Waals surface area contributed by atoms with E-state index in [1.807, 2.05) is 13.8 Å². The Morgan fingerprint density at radius 3 is 2.40 bits per heavy atom. The van der Waals surface area contributed by atoms with Crippen molar-refractivity contribution in [2.24, 2.45) is 0 Å². The maximum atomic E-state index is 12.2. The number of ether oxygens (including phenoxy) is 1. The van der Waals surface area contributed by atoms with Gasteiger partial charge in [0.15, 0.2) is 5.54 Å². The molecule has 5 nitrogen and oxygen atoms in total. The van der Waals surface area contributed by atoms with Crippen LogP contribution in [0.1, 0.15) is 28.4 Å². The molecule has 0 aliphatic heterocycles. The van der Waals surface area contributed by atoms with Gasteiger partial charge in [0.2, 0.25) is 0 Å². The smallest absolute Gasteiger partial charge is 0.331 e. The first-order chi connectivity index (χ1) is 9.21. The molecule has 0 saturated heterocycles. The van der Waals surface area contributed by atoms with Crippen molar-refractivity contribution >= 4 is 23.5 Å². The van der Waals surface area contributed by atoms with Crippen LogP contribution in [0.2, 0.25) is 5.02 Å². The van der Waals surface area contributed by atoms with Crippen LogP contribution in [0.3, 0.4) is 0 Å². The molecular weight excluding hydrogens is 282 g/mol. The van der Waals surface area contributed by atoms with Gasteiger partial charge in [0.05, 0.1) is 17.2 Å². The van der Waals surface area contributed by atoms with Gasteiger partial charge in [-0.1, -0.05) is 11.6 Å². The van der Waals surface area contributed by atoms with Gasteiger partial charge >= 0.3 is 5.97 Å². The number of halogens is 1. The minimum atomic E-state index is -1.51. The molecule has 0 spiro atoms. The molecular formula is C14H18ClNO4. The highest BCUT2D eigenvalue weighted by Gasteiger charge is 2.35. The predicted molar refractivity (Wildman–Crippen MR) is 76.3 cm³/mol. The zero-order chi connectivity index (χ0) is 15.5. The Morgan fingerprint density at radius 2 is 1.90 bits per heavy atom. The summed E-state index contributed by atoms with van der Waals surface area (Å²) in [6, 6.07) is 3.32. The van der Waals surface area contributed by atoms with E-state index in [2.05, 4.69) is 5.32 Å². The number of benzene rings is 1. The number of carboxylic acids is 1. The van der Waals surface area contributed by atoms with Crippen molar-refractivity contribution in [1.82, 2.24) is 5.32 Å². The van der Waals surface area contributed by atoms with Crippen molar-refractivity contribution in [1.29, 1.82) is 0 Å². The minimum Gasteiger partial charge on any atom is -0.479 e. The van der Waals surface area contributed by atoms with E-state index in [-0.39, 0.29) is 17.2 Å². The SMILES string of the molecule is COCC(C)(NC(=O)c1cc(C)c(C)cc1Cl)C(=O)O. The molecule has 1 aromatic rings. The standard InChI is InChI=1S/C14H18ClNO4/c1-8-5-10(11(15)6-9(8)2)12(17)16-14(3,7-20-4)13(18)19/h5-6H,7H2,1-4H3,(H,16,17)(H,18,19). The lowest BCUT2D eigenvalue weighted by atomic mass is 10.0. The third-order valence-corrected chi connectivity index (χ3v) is 3.44. The lowest BCUT2D eigenvalue weighted by Crippen LogP contribution is -2.55. The maximum absolute atomic E-state index is 12.2. The Bertz CT molecular complexity index is 544. The zero-order valence-electron chi connectivity index (χ0n) is 11.9. The molecule has 0 heterocycles. The summed E-state index contributed by atoms with van der Waals surface area (Å²) in [4.78, 5) is 23.5. The Balaban J connectivity index is 3.07. The van der Waals surface area contributed by atoms with E-state index < -0.39 is 17.4 Å². The van der Waals surface area contributed by atoms with Crippen LogP contribution in [0.15, 0.2) is 12.1 Å². The number of amides is 1. The zero-order valence-corrected chi connectivity index (χ0v) is 12.7. The van der Waals surface area contributed by atoms with E-state index in [0.717, 1.165) is 11.1 Å². The fourth-order valence-electron chi connectivity index (χ4n) is 1.71. The molecule has 1 unspecified atom stereocenters. The fraction of sp³-hybridized carbons (Fsp3) is 0.429. The van der Waals surface area contributed by atoms with Gasteiger partial charge in [-0.05, 0) is 44.0 Å². The van der Waals surface area contributed by atoms with Crippen LogP contribution in [-0.2, 0) is 9.53 Å². The summed E-state index contributed by atoms with van der Waals surface area (Å²) in [5.74, 6) is -1.72. The molecule has 1 aromatic carbocycles. The summed E-state index contributed by atoms with van der Waals surface area (Å²) in [6.45, 7) is 4.98. The molecule has 20 heavy (non-hydrogen) atoms. The molecule has 0 fully saturated rings. The van der Waals surface area contributed by atoms with Crippen molar-refractivity contribution in [2.45, 2.75) is 26.3 Å². The van der Waals surface area contributed by atoms with Crippen molar-refractivity contribution in [2.75, 3.05) is 13.7 Å². The van der Waals surface area contributed by atoms with E-state index in [4.69, 9.17) is 16.3 Å². The van der Waals surface area contributed by atoms with Gasteiger partial charge in [-0.2, -0.15) is 0 Å². The topological polar surface area (TPSA) is 75.6 Å². The molecule has 1 rings (SSSR count). The highest BCUT2D eigenvalue weighted by atomic mass is 35.5. The fourth-order valence-corrected chi connectivity index (χ4v) is 2.02. The number of carbonyl (C=O) groups is 2.